The molecule has 0 saturated carbocycles. The lowest BCUT2D eigenvalue weighted by Crippen LogP contribution is -2.33. The SMILES string of the molecule is COc1ccc(C(O)CN2CCCCC2)c2c1CCCC2.Cl. The average Bonchev–Trinajstić information content (AvgIpc) is 2.54. The number of rotatable bonds is 4. The average molecular weight is 326 g/mol. The van der Waals surface area contributed by atoms with E-state index in [1.165, 1.54) is 43.2 Å². The van der Waals surface area contributed by atoms with Gasteiger partial charge in [-0.05, 0) is 74.4 Å². The van der Waals surface area contributed by atoms with Crippen LogP contribution in [0.4, 0.5) is 0 Å². The Morgan fingerprint density at radius 1 is 1.05 bits per heavy atom. The molecule has 124 valence electrons. The van der Waals surface area contributed by atoms with Gasteiger partial charge in [-0.15, -0.1) is 12.4 Å². The summed E-state index contributed by atoms with van der Waals surface area (Å²) in [5.41, 5.74) is 3.82. The van der Waals surface area contributed by atoms with E-state index in [2.05, 4.69) is 11.0 Å². The van der Waals surface area contributed by atoms with Crippen molar-refractivity contribution in [3.05, 3.63) is 28.8 Å². The van der Waals surface area contributed by atoms with E-state index in [0.717, 1.165) is 43.8 Å². The van der Waals surface area contributed by atoms with Gasteiger partial charge >= 0.3 is 0 Å². The molecule has 1 aliphatic heterocycles. The summed E-state index contributed by atoms with van der Waals surface area (Å²) in [6.45, 7) is 3.05. The van der Waals surface area contributed by atoms with Crippen LogP contribution in [0.15, 0.2) is 12.1 Å². The highest BCUT2D eigenvalue weighted by Crippen LogP contribution is 2.35. The molecule has 3 rings (SSSR count). The van der Waals surface area contributed by atoms with Crippen molar-refractivity contribution in [1.82, 2.24) is 4.90 Å². The van der Waals surface area contributed by atoms with Gasteiger partial charge < -0.3 is 14.7 Å². The monoisotopic (exact) mass is 325 g/mol. The molecule has 1 aliphatic carbocycles. The van der Waals surface area contributed by atoms with E-state index in [4.69, 9.17) is 4.74 Å². The fourth-order valence-electron chi connectivity index (χ4n) is 3.85. The lowest BCUT2D eigenvalue weighted by atomic mass is 9.85. The quantitative estimate of drug-likeness (QED) is 0.919. The Bertz CT molecular complexity index is 486. The van der Waals surface area contributed by atoms with Gasteiger partial charge in [-0.25, -0.2) is 0 Å². The summed E-state index contributed by atoms with van der Waals surface area (Å²) in [5.74, 6) is 0.999. The Hall–Kier alpha value is -0.770. The van der Waals surface area contributed by atoms with Gasteiger partial charge in [0.25, 0.3) is 0 Å². The highest BCUT2D eigenvalue weighted by molar-refractivity contribution is 5.85. The van der Waals surface area contributed by atoms with Gasteiger partial charge in [0.2, 0.25) is 0 Å². The number of fused-ring (bicyclic) bond motifs is 1. The van der Waals surface area contributed by atoms with Crippen molar-refractivity contribution in [2.45, 2.75) is 51.0 Å². The number of aliphatic hydroxyl groups is 1. The first kappa shape index (κ1) is 17.6. The molecular weight excluding hydrogens is 298 g/mol. The molecule has 0 radical (unpaired) electrons. The molecule has 1 unspecified atom stereocenters. The molecule has 1 saturated heterocycles. The second-order valence-electron chi connectivity index (χ2n) is 6.40. The van der Waals surface area contributed by atoms with Crippen molar-refractivity contribution >= 4 is 12.4 Å². The topological polar surface area (TPSA) is 32.7 Å². The van der Waals surface area contributed by atoms with Crippen LogP contribution in [0.1, 0.15) is 54.9 Å². The Kier molecular flexibility index (Phi) is 6.54. The van der Waals surface area contributed by atoms with Crippen molar-refractivity contribution < 1.29 is 9.84 Å². The maximum atomic E-state index is 10.7. The Morgan fingerprint density at radius 3 is 2.41 bits per heavy atom. The minimum atomic E-state index is -0.360. The summed E-state index contributed by atoms with van der Waals surface area (Å²) in [5, 5.41) is 10.7. The standard InChI is InChI=1S/C18H27NO2.ClH/c1-21-18-10-9-15(14-7-3-4-8-16(14)18)17(20)13-19-11-5-2-6-12-19;/h9-10,17,20H,2-8,11-13H2,1H3;1H. The fourth-order valence-corrected chi connectivity index (χ4v) is 3.85. The van der Waals surface area contributed by atoms with E-state index < -0.39 is 0 Å². The number of aliphatic hydroxyl groups excluding tert-OH is 1. The number of β-amino-alcohol motifs (C(OH)–C–C–N with tert-alkyl or cyclic N) is 1. The molecule has 22 heavy (non-hydrogen) atoms. The van der Waals surface area contributed by atoms with Crippen molar-refractivity contribution in [2.75, 3.05) is 26.7 Å². The number of halogens is 1. The van der Waals surface area contributed by atoms with Crippen molar-refractivity contribution in [2.24, 2.45) is 0 Å². The molecule has 0 aromatic heterocycles. The normalized spacial score (nSPS) is 19.9. The van der Waals surface area contributed by atoms with Crippen LogP contribution >= 0.6 is 12.4 Å². The molecule has 0 spiro atoms. The third kappa shape index (κ3) is 3.76. The van der Waals surface area contributed by atoms with Gasteiger partial charge in [-0.1, -0.05) is 12.5 Å². The number of hydrogen-bond acceptors (Lipinski definition) is 3. The van der Waals surface area contributed by atoms with Crippen LogP contribution in [-0.4, -0.2) is 36.8 Å². The largest absolute Gasteiger partial charge is 0.496 e. The first-order valence-electron chi connectivity index (χ1n) is 8.38. The van der Waals surface area contributed by atoms with E-state index in [1.54, 1.807) is 7.11 Å². The molecule has 4 heteroatoms. The summed E-state index contributed by atoms with van der Waals surface area (Å²) in [7, 11) is 1.74. The third-order valence-electron chi connectivity index (χ3n) is 4.99. The third-order valence-corrected chi connectivity index (χ3v) is 4.99. The lowest BCUT2D eigenvalue weighted by Gasteiger charge is -2.30. The van der Waals surface area contributed by atoms with Crippen LogP contribution in [0.5, 0.6) is 5.75 Å². The van der Waals surface area contributed by atoms with Crippen molar-refractivity contribution in [3.8, 4) is 5.75 Å². The number of benzene rings is 1. The fraction of sp³-hybridized carbons (Fsp3) is 0.667. The van der Waals surface area contributed by atoms with Crippen LogP contribution in [-0.2, 0) is 12.8 Å². The summed E-state index contributed by atoms with van der Waals surface area (Å²) >= 11 is 0. The predicted molar refractivity (Wildman–Crippen MR) is 92.1 cm³/mol. The zero-order valence-corrected chi connectivity index (χ0v) is 14.3. The van der Waals surface area contributed by atoms with E-state index in [-0.39, 0.29) is 18.5 Å². The van der Waals surface area contributed by atoms with Gasteiger partial charge in [-0.3, -0.25) is 0 Å². The first-order valence-corrected chi connectivity index (χ1v) is 8.38. The minimum absolute atomic E-state index is 0. The summed E-state index contributed by atoms with van der Waals surface area (Å²) in [6.07, 6.45) is 8.15. The second-order valence-corrected chi connectivity index (χ2v) is 6.40. The predicted octanol–water partition coefficient (Wildman–Crippen LogP) is 3.52. The van der Waals surface area contributed by atoms with Crippen LogP contribution in [0.25, 0.3) is 0 Å². The Balaban J connectivity index is 0.00000176. The summed E-state index contributed by atoms with van der Waals surface area (Å²) in [6, 6.07) is 4.12. The number of likely N-dealkylation sites (tertiary alicyclic amines) is 1. The van der Waals surface area contributed by atoms with Gasteiger partial charge in [0.1, 0.15) is 5.75 Å². The molecular formula is C18H28ClNO2. The first-order chi connectivity index (χ1) is 10.3. The minimum Gasteiger partial charge on any atom is -0.496 e. The Labute approximate surface area is 140 Å². The smallest absolute Gasteiger partial charge is 0.122 e. The van der Waals surface area contributed by atoms with Crippen molar-refractivity contribution in [1.29, 1.82) is 0 Å². The molecule has 2 aliphatic rings. The Morgan fingerprint density at radius 2 is 1.73 bits per heavy atom. The zero-order chi connectivity index (χ0) is 14.7. The van der Waals surface area contributed by atoms with E-state index in [1.807, 2.05) is 6.07 Å². The number of piperidine rings is 1. The van der Waals surface area contributed by atoms with E-state index in [0.29, 0.717) is 0 Å². The molecule has 1 heterocycles. The highest BCUT2D eigenvalue weighted by Gasteiger charge is 2.23. The highest BCUT2D eigenvalue weighted by atomic mass is 35.5. The van der Waals surface area contributed by atoms with Crippen LogP contribution in [0.3, 0.4) is 0 Å². The number of nitrogens with zero attached hydrogens (tertiary/aromatic N) is 1. The molecule has 0 amide bonds. The molecule has 1 aromatic rings. The second kappa shape index (κ2) is 8.19. The van der Waals surface area contributed by atoms with Crippen molar-refractivity contribution in [3.63, 3.8) is 0 Å². The number of methoxy groups -OCH3 is 1. The van der Waals surface area contributed by atoms with Crippen LogP contribution in [0, 0.1) is 0 Å². The molecule has 1 aromatic carbocycles. The summed E-state index contributed by atoms with van der Waals surface area (Å²) < 4.78 is 5.51. The van der Waals surface area contributed by atoms with Crippen LogP contribution in [0.2, 0.25) is 0 Å². The molecule has 1 atom stereocenters. The van der Waals surface area contributed by atoms with Crippen LogP contribution < -0.4 is 4.74 Å². The molecule has 1 N–H and O–H groups in total. The van der Waals surface area contributed by atoms with Gasteiger partial charge in [0.05, 0.1) is 13.2 Å². The zero-order valence-electron chi connectivity index (χ0n) is 13.5. The van der Waals surface area contributed by atoms with Gasteiger partial charge in [0, 0.05) is 6.54 Å². The lowest BCUT2D eigenvalue weighted by molar-refractivity contribution is 0.101. The number of hydrogen-bond donors (Lipinski definition) is 1. The molecule has 1 fully saturated rings. The number of ether oxygens (including phenoxy) is 1. The summed E-state index contributed by atoms with van der Waals surface area (Å²) in [4.78, 5) is 2.41. The molecule has 3 nitrogen and oxygen atoms in total. The maximum absolute atomic E-state index is 10.7. The van der Waals surface area contributed by atoms with Gasteiger partial charge in [0.15, 0.2) is 0 Å². The maximum Gasteiger partial charge on any atom is 0.122 e. The van der Waals surface area contributed by atoms with Gasteiger partial charge in [-0.2, -0.15) is 0 Å². The molecule has 0 bridgehead atoms. The van der Waals surface area contributed by atoms with E-state index >= 15 is 0 Å². The van der Waals surface area contributed by atoms with E-state index in [9.17, 15) is 5.11 Å².